The lowest BCUT2D eigenvalue weighted by Crippen LogP contribution is -2.36. The monoisotopic (exact) mass is 433 g/mol. The highest BCUT2D eigenvalue weighted by atomic mass is 16.5. The van der Waals surface area contributed by atoms with Gasteiger partial charge in [0, 0.05) is 35.0 Å². The first-order valence-corrected chi connectivity index (χ1v) is 10.6. The van der Waals surface area contributed by atoms with Crippen LogP contribution >= 0.6 is 0 Å². The second-order valence-electron chi connectivity index (χ2n) is 8.03. The summed E-state index contributed by atoms with van der Waals surface area (Å²) >= 11 is 0. The number of rotatable bonds is 5. The van der Waals surface area contributed by atoms with Gasteiger partial charge in [0.05, 0.1) is 32.8 Å². The largest absolute Gasteiger partial charge is 0.497 e. The third kappa shape index (κ3) is 3.77. The van der Waals surface area contributed by atoms with E-state index in [1.54, 1.807) is 20.3 Å². The SMILES string of the molecule is COC(=O)C1=C(C)NC2=C(C(=O)C[C@@H](c3ccccc3)C2)[C@@H]1c1ccc(OC)cc1OC. The van der Waals surface area contributed by atoms with E-state index >= 15 is 0 Å². The summed E-state index contributed by atoms with van der Waals surface area (Å²) in [5, 5.41) is 3.35. The molecule has 0 unspecified atom stereocenters. The predicted octanol–water partition coefficient (Wildman–Crippen LogP) is 4.24. The quantitative estimate of drug-likeness (QED) is 0.711. The normalized spacial score (nSPS) is 20.4. The summed E-state index contributed by atoms with van der Waals surface area (Å²) in [5.74, 6) is 0.236. The Hall–Kier alpha value is -3.54. The summed E-state index contributed by atoms with van der Waals surface area (Å²) in [4.78, 5) is 26.4. The van der Waals surface area contributed by atoms with Crippen LogP contribution in [0, 0.1) is 0 Å². The molecule has 0 aromatic heterocycles. The lowest BCUT2D eigenvalue weighted by molar-refractivity contribution is -0.136. The number of methoxy groups -OCH3 is 3. The van der Waals surface area contributed by atoms with Gasteiger partial charge in [-0.15, -0.1) is 0 Å². The third-order valence-corrected chi connectivity index (χ3v) is 6.26. The second kappa shape index (κ2) is 8.91. The molecule has 6 nitrogen and oxygen atoms in total. The van der Waals surface area contributed by atoms with Crippen molar-refractivity contribution >= 4 is 11.8 Å². The number of allylic oxidation sites excluding steroid dienone is 3. The predicted molar refractivity (Wildman–Crippen MR) is 121 cm³/mol. The van der Waals surface area contributed by atoms with Crippen molar-refractivity contribution in [2.45, 2.75) is 31.6 Å². The van der Waals surface area contributed by atoms with E-state index in [-0.39, 0.29) is 11.7 Å². The maximum absolute atomic E-state index is 13.5. The Labute approximate surface area is 187 Å². The van der Waals surface area contributed by atoms with Gasteiger partial charge >= 0.3 is 5.97 Å². The van der Waals surface area contributed by atoms with Crippen LogP contribution in [0.25, 0.3) is 0 Å². The van der Waals surface area contributed by atoms with Gasteiger partial charge in [0.25, 0.3) is 0 Å². The summed E-state index contributed by atoms with van der Waals surface area (Å²) in [6, 6.07) is 15.5. The summed E-state index contributed by atoms with van der Waals surface area (Å²) in [6.45, 7) is 1.84. The molecule has 0 radical (unpaired) electrons. The number of Topliss-reactive ketones (excluding diaryl/α,β-unsaturated/α-hetero) is 1. The minimum atomic E-state index is -0.580. The van der Waals surface area contributed by atoms with Crippen LogP contribution in [0.5, 0.6) is 11.5 Å². The van der Waals surface area contributed by atoms with Crippen LogP contribution in [-0.2, 0) is 14.3 Å². The Balaban J connectivity index is 1.86. The van der Waals surface area contributed by atoms with Gasteiger partial charge in [0.2, 0.25) is 0 Å². The molecule has 0 fully saturated rings. The van der Waals surface area contributed by atoms with E-state index in [1.807, 2.05) is 37.3 Å². The molecule has 4 rings (SSSR count). The average molecular weight is 434 g/mol. The summed E-state index contributed by atoms with van der Waals surface area (Å²) in [5.41, 5.74) is 4.41. The number of esters is 1. The van der Waals surface area contributed by atoms with Gasteiger partial charge in [-0.1, -0.05) is 36.4 Å². The standard InChI is InChI=1S/C26H27NO5/c1-15-23(26(29)32-4)24(19-11-10-18(30-2)14-22(19)31-3)25-20(27-15)12-17(13-21(25)28)16-8-6-5-7-9-16/h5-11,14,17,24,27H,12-13H2,1-4H3/t17-,24+/m0/s1. The van der Waals surface area contributed by atoms with Crippen molar-refractivity contribution in [3.63, 3.8) is 0 Å². The van der Waals surface area contributed by atoms with Crippen LogP contribution in [0.1, 0.15) is 42.7 Å². The Morgan fingerprint density at radius 2 is 1.75 bits per heavy atom. The van der Waals surface area contributed by atoms with E-state index in [0.29, 0.717) is 41.2 Å². The highest BCUT2D eigenvalue weighted by Gasteiger charge is 2.42. The Morgan fingerprint density at radius 1 is 1.00 bits per heavy atom. The van der Waals surface area contributed by atoms with Gasteiger partial charge in [-0.25, -0.2) is 4.79 Å². The van der Waals surface area contributed by atoms with E-state index in [4.69, 9.17) is 14.2 Å². The summed E-state index contributed by atoms with van der Waals surface area (Å²) in [6.07, 6.45) is 1.07. The number of carbonyl (C=O) groups is 2. The van der Waals surface area contributed by atoms with Crippen molar-refractivity contribution in [3.8, 4) is 11.5 Å². The number of hydrogen-bond acceptors (Lipinski definition) is 6. The zero-order valence-electron chi connectivity index (χ0n) is 18.7. The van der Waals surface area contributed by atoms with Gasteiger partial charge in [-0.05, 0) is 30.9 Å². The van der Waals surface area contributed by atoms with Crippen LogP contribution in [0.3, 0.4) is 0 Å². The van der Waals surface area contributed by atoms with E-state index in [9.17, 15) is 9.59 Å². The first-order chi connectivity index (χ1) is 15.5. The van der Waals surface area contributed by atoms with Crippen LogP contribution in [0.4, 0.5) is 0 Å². The summed E-state index contributed by atoms with van der Waals surface area (Å²) in [7, 11) is 4.50. The molecule has 0 bridgehead atoms. The van der Waals surface area contributed by atoms with Crippen LogP contribution < -0.4 is 14.8 Å². The first-order valence-electron chi connectivity index (χ1n) is 10.6. The van der Waals surface area contributed by atoms with Gasteiger partial charge in [-0.2, -0.15) is 0 Å². The number of dihydropyridines is 1. The zero-order valence-corrected chi connectivity index (χ0v) is 18.7. The molecule has 0 amide bonds. The molecule has 2 atom stereocenters. The van der Waals surface area contributed by atoms with E-state index in [1.165, 1.54) is 7.11 Å². The number of ether oxygens (including phenoxy) is 3. The fraction of sp³-hybridized carbons (Fsp3) is 0.308. The Bertz CT molecular complexity index is 1120. The van der Waals surface area contributed by atoms with E-state index < -0.39 is 11.9 Å². The fourth-order valence-corrected chi connectivity index (χ4v) is 4.75. The van der Waals surface area contributed by atoms with E-state index in [0.717, 1.165) is 16.8 Å². The third-order valence-electron chi connectivity index (χ3n) is 6.26. The molecule has 1 aliphatic carbocycles. The number of nitrogens with one attached hydrogen (secondary N) is 1. The number of carbonyl (C=O) groups excluding carboxylic acids is 2. The van der Waals surface area contributed by atoms with E-state index in [2.05, 4.69) is 17.4 Å². The maximum Gasteiger partial charge on any atom is 0.336 e. The lowest BCUT2D eigenvalue weighted by atomic mass is 9.71. The van der Waals surface area contributed by atoms with Crippen molar-refractivity contribution < 1.29 is 23.8 Å². The zero-order chi connectivity index (χ0) is 22.8. The molecule has 166 valence electrons. The van der Waals surface area contributed by atoms with Crippen LogP contribution in [0.2, 0.25) is 0 Å². The van der Waals surface area contributed by atoms with Crippen molar-refractivity contribution in [3.05, 3.63) is 82.2 Å². The topological polar surface area (TPSA) is 73.9 Å². The molecule has 1 N–H and O–H groups in total. The molecule has 32 heavy (non-hydrogen) atoms. The molecule has 0 saturated carbocycles. The smallest absolute Gasteiger partial charge is 0.336 e. The van der Waals surface area contributed by atoms with Gasteiger partial charge in [-0.3, -0.25) is 4.79 Å². The Morgan fingerprint density at radius 3 is 2.41 bits per heavy atom. The van der Waals surface area contributed by atoms with Crippen molar-refractivity contribution in [1.82, 2.24) is 5.32 Å². The van der Waals surface area contributed by atoms with Gasteiger partial charge in [0.15, 0.2) is 5.78 Å². The molecule has 6 heteroatoms. The lowest BCUT2D eigenvalue weighted by Gasteiger charge is -2.37. The van der Waals surface area contributed by atoms with Gasteiger partial charge in [0.1, 0.15) is 11.5 Å². The fourth-order valence-electron chi connectivity index (χ4n) is 4.75. The molecule has 0 saturated heterocycles. The molecule has 2 aromatic rings. The van der Waals surface area contributed by atoms with Crippen molar-refractivity contribution in [1.29, 1.82) is 0 Å². The van der Waals surface area contributed by atoms with Crippen LogP contribution in [-0.4, -0.2) is 33.1 Å². The van der Waals surface area contributed by atoms with Gasteiger partial charge < -0.3 is 19.5 Å². The second-order valence-corrected chi connectivity index (χ2v) is 8.03. The van der Waals surface area contributed by atoms with Crippen LogP contribution in [0.15, 0.2) is 71.1 Å². The maximum atomic E-state index is 13.5. The molecule has 2 aromatic carbocycles. The number of benzene rings is 2. The van der Waals surface area contributed by atoms with Crippen molar-refractivity contribution in [2.24, 2.45) is 0 Å². The van der Waals surface area contributed by atoms with Crippen molar-refractivity contribution in [2.75, 3.05) is 21.3 Å². The molecular formula is C26H27NO5. The molecule has 1 heterocycles. The number of ketones is 1. The summed E-state index contributed by atoms with van der Waals surface area (Å²) < 4.78 is 16.1. The molecule has 2 aliphatic rings. The highest BCUT2D eigenvalue weighted by molar-refractivity contribution is 6.04. The minimum absolute atomic E-state index is 0.0179. The molecule has 1 aliphatic heterocycles. The minimum Gasteiger partial charge on any atom is -0.497 e. The number of hydrogen-bond donors (Lipinski definition) is 1. The highest BCUT2D eigenvalue weighted by Crippen LogP contribution is 2.48. The first kappa shape index (κ1) is 21.7. The molecular weight excluding hydrogens is 406 g/mol. The average Bonchev–Trinajstić information content (AvgIpc) is 2.82. The molecule has 0 spiro atoms. The Kier molecular flexibility index (Phi) is 6.04.